The first-order chi connectivity index (χ1) is 5.65. The second-order valence-corrected chi connectivity index (χ2v) is 2.29. The monoisotopic (exact) mass is 194 g/mol. The Bertz CT molecular complexity index is 282. The van der Waals surface area contributed by atoms with Crippen LogP contribution >= 0.6 is 11.6 Å². The van der Waals surface area contributed by atoms with Crippen LogP contribution in [0.4, 0.5) is 8.78 Å². The zero-order valence-corrected chi connectivity index (χ0v) is 6.85. The van der Waals surface area contributed by atoms with Gasteiger partial charge in [0.05, 0.1) is 12.7 Å². The van der Waals surface area contributed by atoms with Gasteiger partial charge in [-0.3, -0.25) is 0 Å². The maximum absolute atomic E-state index is 12.1. The van der Waals surface area contributed by atoms with Gasteiger partial charge in [0.2, 0.25) is 5.88 Å². The van der Waals surface area contributed by atoms with Gasteiger partial charge in [-0.1, -0.05) is 11.6 Å². The zero-order valence-electron chi connectivity index (χ0n) is 6.09. The summed E-state index contributed by atoms with van der Waals surface area (Å²) in [4.78, 5) is 0. The van der Waals surface area contributed by atoms with Crippen molar-refractivity contribution in [1.29, 1.82) is 0 Å². The van der Waals surface area contributed by atoms with Gasteiger partial charge < -0.3 is 4.74 Å². The Morgan fingerprint density at radius 3 is 2.67 bits per heavy atom. The zero-order chi connectivity index (χ0) is 9.14. The highest BCUT2D eigenvalue weighted by atomic mass is 35.5. The summed E-state index contributed by atoms with van der Waals surface area (Å²) in [7, 11) is 1.31. The predicted molar refractivity (Wildman–Crippen MR) is 38.6 cm³/mol. The molecule has 0 aromatic carbocycles. The van der Waals surface area contributed by atoms with E-state index in [2.05, 4.69) is 14.9 Å². The van der Waals surface area contributed by atoms with Crippen molar-refractivity contribution in [3.8, 4) is 5.88 Å². The molecule has 6 heteroatoms. The van der Waals surface area contributed by atoms with Crippen LogP contribution in [0.25, 0.3) is 0 Å². The van der Waals surface area contributed by atoms with Crippen molar-refractivity contribution in [1.82, 2.24) is 10.2 Å². The van der Waals surface area contributed by atoms with Gasteiger partial charge in [-0.15, -0.1) is 10.2 Å². The van der Waals surface area contributed by atoms with Crippen LogP contribution in [-0.2, 0) is 0 Å². The lowest BCUT2D eigenvalue weighted by atomic mass is 10.3. The van der Waals surface area contributed by atoms with Crippen LogP contribution in [0.1, 0.15) is 12.0 Å². The van der Waals surface area contributed by atoms with Gasteiger partial charge in [0, 0.05) is 6.07 Å². The van der Waals surface area contributed by atoms with E-state index in [0.29, 0.717) is 0 Å². The summed E-state index contributed by atoms with van der Waals surface area (Å²) < 4.78 is 28.9. The van der Waals surface area contributed by atoms with Crippen LogP contribution in [-0.4, -0.2) is 17.3 Å². The number of nitrogens with zero attached hydrogens (tertiary/aromatic N) is 2. The molecule has 0 aliphatic heterocycles. The Labute approximate surface area is 72.3 Å². The average molecular weight is 195 g/mol. The molecule has 0 bridgehead atoms. The summed E-state index contributed by atoms with van der Waals surface area (Å²) >= 11 is 5.34. The molecule has 0 N–H and O–H groups in total. The fraction of sp³-hybridized carbons (Fsp3) is 0.333. The van der Waals surface area contributed by atoms with Gasteiger partial charge in [-0.25, -0.2) is 8.78 Å². The molecule has 0 saturated heterocycles. The number of halogens is 3. The van der Waals surface area contributed by atoms with E-state index in [1.54, 1.807) is 0 Å². The second kappa shape index (κ2) is 3.62. The molecule has 0 atom stereocenters. The lowest BCUT2D eigenvalue weighted by Crippen LogP contribution is -1.95. The Morgan fingerprint density at radius 1 is 1.50 bits per heavy atom. The summed E-state index contributed by atoms with van der Waals surface area (Å²) in [5.41, 5.74) is -0.372. The maximum atomic E-state index is 12.1. The Balaban J connectivity index is 3.08. The molecule has 0 aliphatic carbocycles. The third kappa shape index (κ3) is 1.79. The average Bonchev–Trinajstić information content (AvgIpc) is 2.05. The van der Waals surface area contributed by atoms with E-state index in [9.17, 15) is 8.78 Å². The molecule has 0 aliphatic rings. The largest absolute Gasteiger partial charge is 0.480 e. The summed E-state index contributed by atoms with van der Waals surface area (Å²) in [6.07, 6.45) is -2.66. The smallest absolute Gasteiger partial charge is 0.267 e. The number of hydrogen-bond acceptors (Lipinski definition) is 3. The Hall–Kier alpha value is -0.970. The molecule has 0 saturated carbocycles. The number of ether oxygens (including phenoxy) is 1. The summed E-state index contributed by atoms with van der Waals surface area (Å²) in [6, 6.07) is 1.06. The third-order valence-corrected chi connectivity index (χ3v) is 1.49. The molecule has 1 heterocycles. The molecule has 3 nitrogen and oxygen atoms in total. The van der Waals surface area contributed by atoms with Gasteiger partial charge in [0.25, 0.3) is 6.43 Å². The Kier molecular flexibility index (Phi) is 2.75. The van der Waals surface area contributed by atoms with E-state index >= 15 is 0 Å². The molecular weight excluding hydrogens is 190 g/mol. The molecule has 0 radical (unpaired) electrons. The molecule has 12 heavy (non-hydrogen) atoms. The van der Waals surface area contributed by atoms with Crippen molar-refractivity contribution < 1.29 is 13.5 Å². The van der Waals surface area contributed by atoms with Crippen molar-refractivity contribution in [2.24, 2.45) is 0 Å². The summed E-state index contributed by atoms with van der Waals surface area (Å²) in [5, 5.41) is 6.38. The van der Waals surface area contributed by atoms with Gasteiger partial charge in [-0.2, -0.15) is 0 Å². The van der Waals surface area contributed by atoms with E-state index in [-0.39, 0.29) is 16.6 Å². The predicted octanol–water partition coefficient (Wildman–Crippen LogP) is 2.08. The molecule has 0 fully saturated rings. The fourth-order valence-corrected chi connectivity index (χ4v) is 0.800. The number of rotatable bonds is 2. The highest BCUT2D eigenvalue weighted by Gasteiger charge is 2.14. The van der Waals surface area contributed by atoms with Crippen molar-refractivity contribution >= 4 is 11.6 Å². The first kappa shape index (κ1) is 9.12. The van der Waals surface area contributed by atoms with Crippen LogP contribution < -0.4 is 4.74 Å². The topological polar surface area (TPSA) is 35.0 Å². The lowest BCUT2D eigenvalue weighted by molar-refractivity contribution is 0.150. The van der Waals surface area contributed by atoms with E-state index in [1.165, 1.54) is 7.11 Å². The van der Waals surface area contributed by atoms with Crippen LogP contribution in [0.3, 0.4) is 0 Å². The number of hydrogen-bond donors (Lipinski definition) is 0. The Morgan fingerprint density at radius 2 is 2.17 bits per heavy atom. The third-order valence-electron chi connectivity index (χ3n) is 1.20. The van der Waals surface area contributed by atoms with E-state index < -0.39 is 6.43 Å². The molecule has 1 aromatic heterocycles. The molecule has 66 valence electrons. The molecule has 0 unspecified atom stereocenters. The fourth-order valence-electron chi connectivity index (χ4n) is 0.625. The second-order valence-electron chi connectivity index (χ2n) is 1.93. The minimum Gasteiger partial charge on any atom is -0.480 e. The van der Waals surface area contributed by atoms with E-state index in [4.69, 9.17) is 11.6 Å². The van der Waals surface area contributed by atoms with Crippen molar-refractivity contribution in [3.05, 3.63) is 16.8 Å². The van der Waals surface area contributed by atoms with Crippen molar-refractivity contribution in [2.75, 3.05) is 7.11 Å². The van der Waals surface area contributed by atoms with Gasteiger partial charge >= 0.3 is 0 Å². The normalized spacial score (nSPS) is 10.4. The minimum atomic E-state index is -2.66. The minimum absolute atomic E-state index is 0.0229. The molecular formula is C6H5ClF2N2O. The van der Waals surface area contributed by atoms with E-state index in [0.717, 1.165) is 6.07 Å². The van der Waals surface area contributed by atoms with Crippen LogP contribution in [0.5, 0.6) is 5.88 Å². The van der Waals surface area contributed by atoms with Crippen molar-refractivity contribution in [2.45, 2.75) is 6.43 Å². The van der Waals surface area contributed by atoms with Gasteiger partial charge in [0.15, 0.2) is 5.15 Å². The standard InChI is InChI=1S/C6H5ClF2N2O/c1-12-4-2-3(6(8)9)5(7)11-10-4/h2,6H,1H3. The summed E-state index contributed by atoms with van der Waals surface area (Å²) in [6.45, 7) is 0. The quantitative estimate of drug-likeness (QED) is 0.723. The first-order valence-electron chi connectivity index (χ1n) is 3.00. The number of alkyl halides is 2. The van der Waals surface area contributed by atoms with Gasteiger partial charge in [0.1, 0.15) is 0 Å². The summed E-state index contributed by atoms with van der Waals surface area (Å²) in [5.74, 6) is 0.0229. The molecule has 0 spiro atoms. The van der Waals surface area contributed by atoms with Gasteiger partial charge in [-0.05, 0) is 0 Å². The van der Waals surface area contributed by atoms with E-state index in [1.807, 2.05) is 0 Å². The van der Waals surface area contributed by atoms with Crippen molar-refractivity contribution in [3.63, 3.8) is 0 Å². The number of aromatic nitrogens is 2. The maximum Gasteiger partial charge on any atom is 0.267 e. The molecule has 1 aromatic rings. The van der Waals surface area contributed by atoms with Crippen LogP contribution in [0.15, 0.2) is 6.07 Å². The SMILES string of the molecule is COc1cc(C(F)F)c(Cl)nn1. The highest BCUT2D eigenvalue weighted by molar-refractivity contribution is 6.30. The first-order valence-corrected chi connectivity index (χ1v) is 3.38. The highest BCUT2D eigenvalue weighted by Crippen LogP contribution is 2.26. The number of methoxy groups -OCH3 is 1. The molecule has 1 rings (SSSR count). The van der Waals surface area contributed by atoms with Crippen LogP contribution in [0.2, 0.25) is 5.15 Å². The van der Waals surface area contributed by atoms with Crippen LogP contribution in [0, 0.1) is 0 Å². The molecule has 0 amide bonds. The lowest BCUT2D eigenvalue weighted by Gasteiger charge is -2.02.